The summed E-state index contributed by atoms with van der Waals surface area (Å²) in [4.78, 5) is 59.3. The molecule has 0 radical (unpaired) electrons. The van der Waals surface area contributed by atoms with Crippen molar-refractivity contribution in [3.63, 3.8) is 0 Å². The van der Waals surface area contributed by atoms with Crippen LogP contribution in [0.15, 0.2) is 38.9 Å². The van der Waals surface area contributed by atoms with Crippen molar-refractivity contribution < 1.29 is 23.9 Å². The Balaban J connectivity index is 1.75. The van der Waals surface area contributed by atoms with Gasteiger partial charge in [0.15, 0.2) is 0 Å². The molecule has 0 saturated carbocycles. The monoisotopic (exact) mass is 532 g/mol. The summed E-state index contributed by atoms with van der Waals surface area (Å²) in [5, 5.41) is 3.14. The van der Waals surface area contributed by atoms with Crippen LogP contribution in [0.1, 0.15) is 48.8 Å². The molecule has 0 fully saturated rings. The number of esters is 2. The summed E-state index contributed by atoms with van der Waals surface area (Å²) in [7, 11) is 0. The third kappa shape index (κ3) is 6.64. The van der Waals surface area contributed by atoms with Crippen LogP contribution in [-0.2, 0) is 25.5 Å². The summed E-state index contributed by atoms with van der Waals surface area (Å²) in [6.07, 6.45) is 0.765. The molecule has 0 unspecified atom stereocenters. The fourth-order valence-corrected chi connectivity index (χ4v) is 5.79. The molecule has 1 atom stereocenters. The highest BCUT2D eigenvalue weighted by Gasteiger charge is 2.24. The number of aryl methyl sites for hydroxylation is 1. The quantitative estimate of drug-likeness (QED) is 0.316. The molecule has 0 aliphatic carbocycles. The SMILES string of the molecule is CCOC(=O)CC[C@H](NC(=O)c1ccc(Sc2c(CC)sc3nc(N)[nH]c(=O)c23)cc1)C(=O)OCC. The number of aromatic amines is 1. The van der Waals surface area contributed by atoms with Gasteiger partial charge in [0.05, 0.1) is 18.6 Å². The number of nitrogens with one attached hydrogen (secondary N) is 2. The van der Waals surface area contributed by atoms with Crippen LogP contribution in [0.5, 0.6) is 0 Å². The van der Waals surface area contributed by atoms with Crippen LogP contribution in [0.3, 0.4) is 0 Å². The lowest BCUT2D eigenvalue weighted by Crippen LogP contribution is -2.42. The zero-order valence-corrected chi connectivity index (χ0v) is 21.8. The molecule has 0 spiro atoms. The van der Waals surface area contributed by atoms with E-state index in [1.807, 2.05) is 6.92 Å². The highest BCUT2D eigenvalue weighted by molar-refractivity contribution is 7.99. The lowest BCUT2D eigenvalue weighted by molar-refractivity contribution is -0.146. The van der Waals surface area contributed by atoms with Crippen molar-refractivity contribution in [2.45, 2.75) is 55.9 Å². The van der Waals surface area contributed by atoms with Crippen LogP contribution in [0, 0.1) is 0 Å². The Morgan fingerprint density at radius 3 is 2.47 bits per heavy atom. The van der Waals surface area contributed by atoms with Gasteiger partial charge < -0.3 is 20.5 Å². The number of amides is 1. The van der Waals surface area contributed by atoms with Gasteiger partial charge in [0.25, 0.3) is 11.5 Å². The zero-order valence-electron chi connectivity index (χ0n) is 20.2. The number of nitrogens with two attached hydrogens (primary N) is 1. The molecule has 3 rings (SSSR count). The molecule has 10 nitrogen and oxygen atoms in total. The van der Waals surface area contributed by atoms with Crippen LogP contribution in [0.4, 0.5) is 5.95 Å². The summed E-state index contributed by atoms with van der Waals surface area (Å²) in [6.45, 7) is 5.75. The second-order valence-electron chi connectivity index (χ2n) is 7.59. The fourth-order valence-electron chi connectivity index (χ4n) is 3.41. The van der Waals surface area contributed by atoms with Crippen molar-refractivity contribution in [3.05, 3.63) is 45.1 Å². The Morgan fingerprint density at radius 2 is 1.83 bits per heavy atom. The first-order chi connectivity index (χ1) is 17.3. The third-order valence-electron chi connectivity index (χ3n) is 5.08. The number of nitrogens with zero attached hydrogens (tertiary/aromatic N) is 1. The Bertz CT molecular complexity index is 1300. The predicted octanol–water partition coefficient (Wildman–Crippen LogP) is 3.29. The van der Waals surface area contributed by atoms with Crippen LogP contribution in [0.25, 0.3) is 10.2 Å². The number of nitrogen functional groups attached to an aromatic ring is 1. The van der Waals surface area contributed by atoms with E-state index in [0.717, 1.165) is 21.1 Å². The molecule has 2 aromatic heterocycles. The number of fused-ring (bicyclic) bond motifs is 1. The average Bonchev–Trinajstić information content (AvgIpc) is 3.19. The maximum atomic E-state index is 12.8. The number of aromatic nitrogens is 2. The Kier molecular flexibility index (Phi) is 9.48. The van der Waals surface area contributed by atoms with E-state index in [-0.39, 0.29) is 37.6 Å². The van der Waals surface area contributed by atoms with Crippen LogP contribution in [-0.4, -0.2) is 47.1 Å². The summed E-state index contributed by atoms with van der Waals surface area (Å²) in [5.41, 5.74) is 5.73. The lowest BCUT2D eigenvalue weighted by Gasteiger charge is -2.17. The highest BCUT2D eigenvalue weighted by Crippen LogP contribution is 2.39. The third-order valence-corrected chi connectivity index (χ3v) is 7.60. The van der Waals surface area contributed by atoms with Gasteiger partial charge >= 0.3 is 11.9 Å². The van der Waals surface area contributed by atoms with E-state index < -0.39 is 23.9 Å². The number of carbonyl (C=O) groups is 3. The summed E-state index contributed by atoms with van der Waals surface area (Å²) in [5.74, 6) is -1.46. The van der Waals surface area contributed by atoms with Gasteiger partial charge in [-0.05, 0) is 51.0 Å². The van der Waals surface area contributed by atoms with Crippen LogP contribution >= 0.6 is 23.1 Å². The van der Waals surface area contributed by atoms with Gasteiger partial charge in [0.2, 0.25) is 5.95 Å². The minimum Gasteiger partial charge on any atom is -0.466 e. The van der Waals surface area contributed by atoms with Crippen molar-refractivity contribution in [1.82, 2.24) is 15.3 Å². The minimum atomic E-state index is -0.980. The van der Waals surface area contributed by atoms with Gasteiger partial charge in [-0.1, -0.05) is 18.7 Å². The largest absolute Gasteiger partial charge is 0.466 e. The van der Waals surface area contributed by atoms with Crippen LogP contribution in [0.2, 0.25) is 0 Å². The first kappa shape index (κ1) is 27.2. The second kappa shape index (κ2) is 12.5. The first-order valence-corrected chi connectivity index (χ1v) is 13.1. The first-order valence-electron chi connectivity index (χ1n) is 11.5. The molecule has 1 amide bonds. The fraction of sp³-hybridized carbons (Fsp3) is 0.375. The Morgan fingerprint density at radius 1 is 1.14 bits per heavy atom. The summed E-state index contributed by atoms with van der Waals surface area (Å²) >= 11 is 2.84. The zero-order chi connectivity index (χ0) is 26.2. The van der Waals surface area contributed by atoms with Gasteiger partial charge in [0, 0.05) is 26.7 Å². The smallest absolute Gasteiger partial charge is 0.328 e. The summed E-state index contributed by atoms with van der Waals surface area (Å²) in [6, 6.07) is 5.81. The molecule has 0 aliphatic rings. The Hall–Kier alpha value is -3.38. The molecule has 2 heterocycles. The topological polar surface area (TPSA) is 153 Å². The highest BCUT2D eigenvalue weighted by atomic mass is 32.2. The van der Waals surface area contributed by atoms with Gasteiger partial charge in [-0.2, -0.15) is 0 Å². The van der Waals surface area contributed by atoms with Crippen LogP contribution < -0.4 is 16.6 Å². The van der Waals surface area contributed by atoms with E-state index in [2.05, 4.69) is 15.3 Å². The number of thiophene rings is 1. The van der Waals surface area contributed by atoms with Gasteiger partial charge in [-0.25, -0.2) is 9.78 Å². The van der Waals surface area contributed by atoms with Crippen molar-refractivity contribution in [2.75, 3.05) is 18.9 Å². The molecule has 192 valence electrons. The summed E-state index contributed by atoms with van der Waals surface area (Å²) < 4.78 is 9.93. The minimum absolute atomic E-state index is 0.0266. The predicted molar refractivity (Wildman–Crippen MR) is 138 cm³/mol. The molecule has 12 heteroatoms. The molecule has 1 aromatic carbocycles. The normalized spacial score (nSPS) is 11.8. The molecule has 3 aromatic rings. The van der Waals surface area contributed by atoms with E-state index in [0.29, 0.717) is 15.8 Å². The van der Waals surface area contributed by atoms with Crippen molar-refractivity contribution in [1.29, 1.82) is 0 Å². The molecule has 36 heavy (non-hydrogen) atoms. The number of H-pyrrole nitrogens is 1. The van der Waals surface area contributed by atoms with Gasteiger partial charge in [0.1, 0.15) is 10.9 Å². The molecule has 0 saturated heterocycles. The van der Waals surface area contributed by atoms with Crippen molar-refractivity contribution >= 4 is 57.1 Å². The number of hydrogen-bond donors (Lipinski definition) is 3. The maximum absolute atomic E-state index is 12.8. The second-order valence-corrected chi connectivity index (χ2v) is 9.75. The number of ether oxygens (including phenoxy) is 2. The number of anilines is 1. The molecule has 0 bridgehead atoms. The molecule has 4 N–H and O–H groups in total. The lowest BCUT2D eigenvalue weighted by atomic mass is 10.1. The van der Waals surface area contributed by atoms with E-state index in [1.54, 1.807) is 38.1 Å². The van der Waals surface area contributed by atoms with E-state index >= 15 is 0 Å². The number of benzene rings is 1. The standard InChI is InChI=1S/C24H28N4O6S2/c1-4-16-19(18-21(31)27-24(25)28-22(18)36-16)35-14-9-7-13(8-10-14)20(30)26-15(23(32)34-6-3)11-12-17(29)33-5-2/h7-10,15H,4-6,11-12H2,1-3H3,(H,26,30)(H3,25,27,28,31)/t15-/m0/s1. The van der Waals surface area contributed by atoms with Crippen molar-refractivity contribution in [3.8, 4) is 0 Å². The molecule has 0 aliphatic heterocycles. The van der Waals surface area contributed by atoms with Gasteiger partial charge in [-0.3, -0.25) is 19.4 Å². The van der Waals surface area contributed by atoms with Crippen molar-refractivity contribution in [2.24, 2.45) is 0 Å². The molecular formula is C24H28N4O6S2. The Labute approximate surface area is 216 Å². The van der Waals surface area contributed by atoms with E-state index in [9.17, 15) is 19.2 Å². The number of rotatable bonds is 11. The number of carbonyl (C=O) groups excluding carboxylic acids is 3. The number of hydrogen-bond acceptors (Lipinski definition) is 10. The molecular weight excluding hydrogens is 504 g/mol. The van der Waals surface area contributed by atoms with Gasteiger partial charge in [-0.15, -0.1) is 11.3 Å². The van der Waals surface area contributed by atoms with E-state index in [1.165, 1.54) is 23.1 Å². The maximum Gasteiger partial charge on any atom is 0.328 e. The average molecular weight is 533 g/mol. The van der Waals surface area contributed by atoms with E-state index in [4.69, 9.17) is 15.2 Å².